The minimum Gasteiger partial charge on any atom is -0.296 e. The second kappa shape index (κ2) is 4.33. The maximum absolute atomic E-state index is 2.68. The topological polar surface area (TPSA) is 3.24 Å². The molecule has 1 unspecified atom stereocenters. The summed E-state index contributed by atoms with van der Waals surface area (Å²) in [5, 5.41) is 0. The summed E-state index contributed by atoms with van der Waals surface area (Å²) in [4.78, 5) is 2.68. The van der Waals surface area contributed by atoms with Crippen molar-refractivity contribution in [3.8, 4) is 0 Å². The first kappa shape index (κ1) is 14.0. The summed E-state index contributed by atoms with van der Waals surface area (Å²) in [7, 11) is 0. The molecule has 0 aromatic rings. The number of likely N-dealkylation sites (tertiary alicyclic amines) is 1. The van der Waals surface area contributed by atoms with Gasteiger partial charge in [0.15, 0.2) is 0 Å². The van der Waals surface area contributed by atoms with Crippen molar-refractivity contribution in [1.82, 2.24) is 4.90 Å². The quantitative estimate of drug-likeness (QED) is 0.598. The Bertz CT molecular complexity index is 205. The summed E-state index contributed by atoms with van der Waals surface area (Å²) < 4.78 is 0. The van der Waals surface area contributed by atoms with Crippen LogP contribution in [-0.2, 0) is 0 Å². The van der Waals surface area contributed by atoms with Gasteiger partial charge in [0.1, 0.15) is 0 Å². The molecule has 0 radical (unpaired) electrons. The highest BCUT2D eigenvalue weighted by molar-refractivity contribution is 4.93. The first-order valence-corrected chi connectivity index (χ1v) is 6.80. The minimum absolute atomic E-state index is 0.316. The SMILES string of the molecule is C[C@@H]1CC(C(C)(C)C)[C@@H](C)CN1C(C)(C)C. The summed E-state index contributed by atoms with van der Waals surface area (Å²) in [6.45, 7) is 20.3. The zero-order valence-electron chi connectivity index (χ0n) is 12.6. The molecular formula is C15H31N. The Balaban J connectivity index is 2.79. The van der Waals surface area contributed by atoms with E-state index < -0.39 is 0 Å². The molecule has 1 fully saturated rings. The van der Waals surface area contributed by atoms with Gasteiger partial charge in [0.25, 0.3) is 0 Å². The van der Waals surface area contributed by atoms with Gasteiger partial charge in [-0.25, -0.2) is 0 Å². The third-order valence-corrected chi connectivity index (χ3v) is 4.27. The number of hydrogen-bond donors (Lipinski definition) is 0. The Labute approximate surface area is 103 Å². The molecule has 1 heteroatoms. The Morgan fingerprint density at radius 3 is 1.81 bits per heavy atom. The Kier molecular flexibility index (Phi) is 3.79. The van der Waals surface area contributed by atoms with Crippen molar-refractivity contribution < 1.29 is 0 Å². The molecule has 1 nitrogen and oxygen atoms in total. The normalized spacial score (nSPS) is 34.1. The van der Waals surface area contributed by atoms with E-state index >= 15 is 0 Å². The van der Waals surface area contributed by atoms with Gasteiger partial charge in [-0.1, -0.05) is 27.7 Å². The third kappa shape index (κ3) is 3.00. The molecule has 0 aromatic heterocycles. The standard InChI is InChI=1S/C15H31N/c1-11-10-16(15(6,7)8)12(2)9-13(11)14(3,4)5/h11-13H,9-10H2,1-8H3/t11-,12+,13?/m0/s1. The first-order valence-electron chi connectivity index (χ1n) is 6.80. The van der Waals surface area contributed by atoms with E-state index in [0.29, 0.717) is 11.0 Å². The van der Waals surface area contributed by atoms with Crippen LogP contribution in [0.5, 0.6) is 0 Å². The van der Waals surface area contributed by atoms with E-state index in [1.54, 1.807) is 0 Å². The number of rotatable bonds is 0. The maximum Gasteiger partial charge on any atom is 0.0127 e. The Hall–Kier alpha value is -0.0400. The van der Waals surface area contributed by atoms with E-state index in [1.165, 1.54) is 13.0 Å². The van der Waals surface area contributed by atoms with Gasteiger partial charge in [0.2, 0.25) is 0 Å². The highest BCUT2D eigenvalue weighted by Crippen LogP contribution is 2.41. The lowest BCUT2D eigenvalue weighted by molar-refractivity contribution is -0.0231. The molecule has 0 spiro atoms. The molecule has 1 aliphatic heterocycles. The van der Waals surface area contributed by atoms with Crippen LogP contribution in [0.15, 0.2) is 0 Å². The lowest BCUT2D eigenvalue weighted by Gasteiger charge is -2.51. The van der Waals surface area contributed by atoms with Gasteiger partial charge in [-0.3, -0.25) is 4.90 Å². The van der Waals surface area contributed by atoms with Crippen molar-refractivity contribution in [2.45, 2.75) is 73.4 Å². The van der Waals surface area contributed by atoms with Gasteiger partial charge in [-0.15, -0.1) is 0 Å². The third-order valence-electron chi connectivity index (χ3n) is 4.27. The highest BCUT2D eigenvalue weighted by atomic mass is 15.2. The smallest absolute Gasteiger partial charge is 0.0127 e. The molecule has 1 saturated heterocycles. The second-order valence-electron chi connectivity index (χ2n) is 7.86. The van der Waals surface area contributed by atoms with Crippen LogP contribution in [0.2, 0.25) is 0 Å². The van der Waals surface area contributed by atoms with Crippen LogP contribution in [0.1, 0.15) is 61.8 Å². The molecule has 0 N–H and O–H groups in total. The summed E-state index contributed by atoms with van der Waals surface area (Å²) in [5.74, 6) is 1.68. The fraction of sp³-hybridized carbons (Fsp3) is 1.00. The average molecular weight is 225 g/mol. The number of piperidine rings is 1. The van der Waals surface area contributed by atoms with Crippen molar-refractivity contribution in [3.05, 3.63) is 0 Å². The van der Waals surface area contributed by atoms with Gasteiger partial charge in [0.05, 0.1) is 0 Å². The number of hydrogen-bond acceptors (Lipinski definition) is 1. The Morgan fingerprint density at radius 2 is 1.44 bits per heavy atom. The van der Waals surface area contributed by atoms with Crippen LogP contribution >= 0.6 is 0 Å². The maximum atomic E-state index is 2.68. The molecular weight excluding hydrogens is 194 g/mol. The largest absolute Gasteiger partial charge is 0.296 e. The van der Waals surface area contributed by atoms with Crippen molar-refractivity contribution in [2.75, 3.05) is 6.54 Å². The molecule has 0 saturated carbocycles. The van der Waals surface area contributed by atoms with Gasteiger partial charge >= 0.3 is 0 Å². The van der Waals surface area contributed by atoms with Gasteiger partial charge in [-0.05, 0) is 51.4 Å². The average Bonchev–Trinajstić information content (AvgIpc) is 2.04. The van der Waals surface area contributed by atoms with Crippen molar-refractivity contribution >= 4 is 0 Å². The van der Waals surface area contributed by atoms with Crippen LogP contribution in [0.25, 0.3) is 0 Å². The van der Waals surface area contributed by atoms with Crippen LogP contribution in [0.3, 0.4) is 0 Å². The van der Waals surface area contributed by atoms with E-state index in [4.69, 9.17) is 0 Å². The van der Waals surface area contributed by atoms with Crippen molar-refractivity contribution in [1.29, 1.82) is 0 Å². The summed E-state index contributed by atoms with van der Waals surface area (Å²) >= 11 is 0. The predicted octanol–water partition coefficient (Wildman–Crippen LogP) is 4.18. The molecule has 3 atom stereocenters. The lowest BCUT2D eigenvalue weighted by Crippen LogP contribution is -2.55. The Morgan fingerprint density at radius 1 is 0.938 bits per heavy atom. The van der Waals surface area contributed by atoms with E-state index in [9.17, 15) is 0 Å². The molecule has 1 aliphatic rings. The molecule has 96 valence electrons. The molecule has 0 bridgehead atoms. The zero-order chi connectivity index (χ0) is 12.7. The van der Waals surface area contributed by atoms with Gasteiger partial charge in [0, 0.05) is 18.1 Å². The fourth-order valence-corrected chi connectivity index (χ4v) is 3.49. The lowest BCUT2D eigenvalue weighted by atomic mass is 9.68. The van der Waals surface area contributed by atoms with E-state index in [-0.39, 0.29) is 0 Å². The summed E-state index contributed by atoms with van der Waals surface area (Å²) in [6, 6.07) is 0.723. The first-order chi connectivity index (χ1) is 7.03. The fourth-order valence-electron chi connectivity index (χ4n) is 3.49. The molecule has 1 heterocycles. The molecule has 16 heavy (non-hydrogen) atoms. The minimum atomic E-state index is 0.316. The summed E-state index contributed by atoms with van der Waals surface area (Å²) in [5.41, 5.74) is 0.772. The second-order valence-corrected chi connectivity index (χ2v) is 7.86. The molecule has 1 rings (SSSR count). The zero-order valence-corrected chi connectivity index (χ0v) is 12.6. The van der Waals surface area contributed by atoms with Crippen LogP contribution < -0.4 is 0 Å². The summed E-state index contributed by atoms with van der Waals surface area (Å²) in [6.07, 6.45) is 1.35. The predicted molar refractivity (Wildman–Crippen MR) is 72.6 cm³/mol. The van der Waals surface area contributed by atoms with Crippen LogP contribution in [-0.4, -0.2) is 23.0 Å². The van der Waals surface area contributed by atoms with Gasteiger partial charge < -0.3 is 0 Å². The van der Waals surface area contributed by atoms with Crippen molar-refractivity contribution in [3.63, 3.8) is 0 Å². The van der Waals surface area contributed by atoms with Crippen molar-refractivity contribution in [2.24, 2.45) is 17.3 Å². The molecule has 0 aliphatic carbocycles. The molecule has 0 amide bonds. The van der Waals surface area contributed by atoms with E-state index in [1.807, 2.05) is 0 Å². The number of nitrogens with zero attached hydrogens (tertiary/aromatic N) is 1. The van der Waals surface area contributed by atoms with Gasteiger partial charge in [-0.2, -0.15) is 0 Å². The van der Waals surface area contributed by atoms with E-state index in [2.05, 4.69) is 60.3 Å². The molecule has 0 aromatic carbocycles. The van der Waals surface area contributed by atoms with Crippen LogP contribution in [0, 0.1) is 17.3 Å². The monoisotopic (exact) mass is 225 g/mol. The van der Waals surface area contributed by atoms with E-state index in [0.717, 1.165) is 17.9 Å². The van der Waals surface area contributed by atoms with Crippen LogP contribution in [0.4, 0.5) is 0 Å². The highest BCUT2D eigenvalue weighted by Gasteiger charge is 2.40.